The molecule has 0 amide bonds. The third-order valence-corrected chi connectivity index (χ3v) is 1.42. The molecule has 0 spiro atoms. The summed E-state index contributed by atoms with van der Waals surface area (Å²) in [4.78, 5) is 21.4. The number of Topliss-reactive ketones (excluding diaryl/α,β-unsaturated/α-hetero) is 1. The maximum Gasteiger partial charge on any atom is 0.399 e. The normalized spacial score (nSPS) is 11.1. The molecule has 4 nitrogen and oxygen atoms in total. The number of methoxy groups -OCH3 is 1. The minimum atomic E-state index is -4.06. The van der Waals surface area contributed by atoms with Crippen molar-refractivity contribution in [2.75, 3.05) is 20.3 Å². The van der Waals surface area contributed by atoms with E-state index in [4.69, 9.17) is 0 Å². The Bertz CT molecular complexity index is 215. The molecule has 0 radical (unpaired) electrons. The summed E-state index contributed by atoms with van der Waals surface area (Å²) in [5.74, 6) is -7.35. The first-order valence-electron chi connectivity index (χ1n) is 4.04. The Hall–Kier alpha value is -1.04. The quantitative estimate of drug-likeness (QED) is 0.480. The molecular weight excluding hydrogens is 198 g/mol. The van der Waals surface area contributed by atoms with Gasteiger partial charge in [-0.25, -0.2) is 4.79 Å². The number of esters is 1. The van der Waals surface area contributed by atoms with Gasteiger partial charge in [-0.05, 0) is 6.92 Å². The van der Waals surface area contributed by atoms with Crippen LogP contribution in [0.2, 0.25) is 0 Å². The van der Waals surface area contributed by atoms with E-state index in [-0.39, 0.29) is 13.2 Å². The minimum Gasteiger partial charge on any atom is -0.461 e. The van der Waals surface area contributed by atoms with Crippen molar-refractivity contribution in [2.45, 2.75) is 19.3 Å². The lowest BCUT2D eigenvalue weighted by Crippen LogP contribution is -2.39. The predicted octanol–water partition coefficient (Wildman–Crippen LogP) is 0.790. The van der Waals surface area contributed by atoms with Gasteiger partial charge < -0.3 is 9.47 Å². The van der Waals surface area contributed by atoms with Crippen LogP contribution in [0, 0.1) is 0 Å². The second-order valence-corrected chi connectivity index (χ2v) is 2.46. The van der Waals surface area contributed by atoms with Crippen LogP contribution < -0.4 is 0 Å². The Morgan fingerprint density at radius 2 is 1.93 bits per heavy atom. The van der Waals surface area contributed by atoms with Crippen molar-refractivity contribution in [3.63, 3.8) is 0 Å². The number of ether oxygens (including phenoxy) is 2. The van der Waals surface area contributed by atoms with Crippen LogP contribution in [0.5, 0.6) is 0 Å². The van der Waals surface area contributed by atoms with Gasteiger partial charge in [-0.15, -0.1) is 0 Å². The van der Waals surface area contributed by atoms with E-state index in [2.05, 4.69) is 9.47 Å². The molecule has 0 saturated carbocycles. The largest absolute Gasteiger partial charge is 0.461 e. The van der Waals surface area contributed by atoms with Crippen molar-refractivity contribution >= 4 is 11.8 Å². The lowest BCUT2D eigenvalue weighted by atomic mass is 10.1. The van der Waals surface area contributed by atoms with Crippen molar-refractivity contribution in [1.82, 2.24) is 0 Å². The third-order valence-electron chi connectivity index (χ3n) is 1.42. The molecule has 0 aliphatic heterocycles. The summed E-state index contributed by atoms with van der Waals surface area (Å²) in [6.45, 7) is 1.05. The van der Waals surface area contributed by atoms with Gasteiger partial charge in [-0.1, -0.05) is 0 Å². The van der Waals surface area contributed by atoms with Crippen LogP contribution in [0.1, 0.15) is 13.3 Å². The average Bonchev–Trinajstić information content (AvgIpc) is 2.14. The first kappa shape index (κ1) is 13.0. The molecule has 6 heteroatoms. The number of rotatable bonds is 6. The minimum absolute atomic E-state index is 0.145. The number of carbonyl (C=O) groups is 2. The Kier molecular flexibility index (Phi) is 5.22. The van der Waals surface area contributed by atoms with Gasteiger partial charge >= 0.3 is 11.9 Å². The highest BCUT2D eigenvalue weighted by molar-refractivity contribution is 6.05. The molecule has 0 atom stereocenters. The summed E-state index contributed by atoms with van der Waals surface area (Å²) in [5.41, 5.74) is 0. The number of halogens is 2. The lowest BCUT2D eigenvalue weighted by molar-refractivity contribution is -0.176. The van der Waals surface area contributed by atoms with Crippen LogP contribution in [0.15, 0.2) is 0 Å². The van der Waals surface area contributed by atoms with Crippen molar-refractivity contribution in [3.8, 4) is 0 Å². The fourth-order valence-corrected chi connectivity index (χ4v) is 0.687. The van der Waals surface area contributed by atoms with Gasteiger partial charge in [0.2, 0.25) is 5.78 Å². The number of alkyl halides is 2. The summed E-state index contributed by atoms with van der Waals surface area (Å²) < 4.78 is 34.2. The molecule has 0 aliphatic carbocycles. The van der Waals surface area contributed by atoms with Crippen molar-refractivity contribution in [1.29, 1.82) is 0 Å². The third kappa shape index (κ3) is 3.37. The number of hydrogen-bond acceptors (Lipinski definition) is 4. The fourth-order valence-electron chi connectivity index (χ4n) is 0.687. The molecule has 0 heterocycles. The SMILES string of the molecule is CCOC(=O)C(F)(F)C(=O)CCOC. The van der Waals surface area contributed by atoms with Gasteiger partial charge in [0.25, 0.3) is 0 Å². The summed E-state index contributed by atoms with van der Waals surface area (Å²) in [7, 11) is 1.27. The summed E-state index contributed by atoms with van der Waals surface area (Å²) in [6.07, 6.45) is -0.512. The molecule has 0 saturated heterocycles. The molecule has 0 bridgehead atoms. The highest BCUT2D eigenvalue weighted by atomic mass is 19.3. The molecule has 14 heavy (non-hydrogen) atoms. The van der Waals surface area contributed by atoms with E-state index in [1.165, 1.54) is 14.0 Å². The van der Waals surface area contributed by atoms with Gasteiger partial charge in [0.15, 0.2) is 0 Å². The van der Waals surface area contributed by atoms with E-state index in [9.17, 15) is 18.4 Å². The number of hydrogen-bond donors (Lipinski definition) is 0. The van der Waals surface area contributed by atoms with Crippen LogP contribution in [0.4, 0.5) is 8.78 Å². The molecule has 0 aromatic carbocycles. The standard InChI is InChI=1S/C8H12F2O4/c1-3-14-7(12)8(9,10)6(11)4-5-13-2/h3-5H2,1-2H3. The van der Waals surface area contributed by atoms with Crippen LogP contribution in [-0.2, 0) is 19.1 Å². The molecule has 0 rings (SSSR count). The van der Waals surface area contributed by atoms with E-state index in [1.54, 1.807) is 0 Å². The average molecular weight is 210 g/mol. The van der Waals surface area contributed by atoms with Gasteiger partial charge in [0.05, 0.1) is 13.2 Å². The first-order chi connectivity index (χ1) is 6.46. The van der Waals surface area contributed by atoms with Crippen molar-refractivity contribution < 1.29 is 27.8 Å². The molecule has 0 unspecified atom stereocenters. The summed E-state index contributed by atoms with van der Waals surface area (Å²) >= 11 is 0. The fraction of sp³-hybridized carbons (Fsp3) is 0.750. The van der Waals surface area contributed by atoms with Gasteiger partial charge in [0, 0.05) is 13.5 Å². The van der Waals surface area contributed by atoms with Crippen molar-refractivity contribution in [2.24, 2.45) is 0 Å². The van der Waals surface area contributed by atoms with Crippen LogP contribution in [0.25, 0.3) is 0 Å². The predicted molar refractivity (Wildman–Crippen MR) is 43.1 cm³/mol. The molecule has 82 valence electrons. The molecule has 0 aliphatic rings. The maximum atomic E-state index is 12.8. The zero-order valence-corrected chi connectivity index (χ0v) is 8.01. The molecule has 0 fully saturated rings. The Morgan fingerprint density at radius 1 is 1.36 bits per heavy atom. The number of carbonyl (C=O) groups excluding carboxylic acids is 2. The van der Waals surface area contributed by atoms with E-state index < -0.39 is 24.1 Å². The van der Waals surface area contributed by atoms with E-state index >= 15 is 0 Å². The van der Waals surface area contributed by atoms with Crippen LogP contribution in [-0.4, -0.2) is 38.0 Å². The van der Waals surface area contributed by atoms with Gasteiger partial charge in [-0.3, -0.25) is 4.79 Å². The Morgan fingerprint density at radius 3 is 2.36 bits per heavy atom. The van der Waals surface area contributed by atoms with E-state index in [0.717, 1.165) is 0 Å². The van der Waals surface area contributed by atoms with E-state index in [0.29, 0.717) is 0 Å². The molecule has 0 aromatic rings. The lowest BCUT2D eigenvalue weighted by Gasteiger charge is -2.12. The highest BCUT2D eigenvalue weighted by Gasteiger charge is 2.47. The molecule has 0 N–H and O–H groups in total. The monoisotopic (exact) mass is 210 g/mol. The van der Waals surface area contributed by atoms with Crippen LogP contribution in [0.3, 0.4) is 0 Å². The number of ketones is 1. The Labute approximate surface area is 80.2 Å². The zero-order valence-electron chi connectivity index (χ0n) is 8.01. The maximum absolute atomic E-state index is 12.8. The second kappa shape index (κ2) is 5.64. The first-order valence-corrected chi connectivity index (χ1v) is 4.04. The van der Waals surface area contributed by atoms with Crippen molar-refractivity contribution in [3.05, 3.63) is 0 Å². The van der Waals surface area contributed by atoms with Crippen LogP contribution >= 0.6 is 0 Å². The zero-order chi connectivity index (χ0) is 11.2. The van der Waals surface area contributed by atoms with Gasteiger partial charge in [-0.2, -0.15) is 8.78 Å². The second-order valence-electron chi connectivity index (χ2n) is 2.46. The summed E-state index contributed by atoms with van der Waals surface area (Å²) in [5, 5.41) is 0. The molecular formula is C8H12F2O4. The Balaban J connectivity index is 4.28. The van der Waals surface area contributed by atoms with Gasteiger partial charge in [0.1, 0.15) is 0 Å². The topological polar surface area (TPSA) is 52.6 Å². The summed E-state index contributed by atoms with van der Waals surface area (Å²) in [6, 6.07) is 0. The molecule has 0 aromatic heterocycles. The van der Waals surface area contributed by atoms with E-state index in [1.807, 2.05) is 0 Å². The smallest absolute Gasteiger partial charge is 0.399 e. The highest BCUT2D eigenvalue weighted by Crippen LogP contribution is 2.18.